The standard InChI is InChI=1S/C45H27N3O/c1-3-12-28(13-4-1)43-46-44(29-14-5-2-6-15-29)48-45(47-43)39-21-11-20-38-37-25-23-31(27-41(37)49-42(38)39)30-22-24-36-34-18-8-7-16-32(34)33-17-9-10-19-35(33)40(36)26-30/h1-27H/i1D,2D,3D,4D,5D,6D,12D,13D,14D,15D. The Morgan fingerprint density at radius 3 is 1.49 bits per heavy atom. The number of hydrogen-bond donors (Lipinski definition) is 0. The van der Waals surface area contributed by atoms with Gasteiger partial charge in [-0.05, 0) is 67.7 Å². The summed E-state index contributed by atoms with van der Waals surface area (Å²) in [6.07, 6.45) is 0. The molecule has 0 saturated carbocycles. The molecule has 0 bridgehead atoms. The van der Waals surface area contributed by atoms with E-state index in [0.717, 1.165) is 32.7 Å². The van der Waals surface area contributed by atoms with E-state index in [2.05, 4.69) is 75.6 Å². The summed E-state index contributed by atoms with van der Waals surface area (Å²) in [7, 11) is 0. The van der Waals surface area contributed by atoms with E-state index < -0.39 is 60.4 Å². The molecule has 0 aliphatic rings. The van der Waals surface area contributed by atoms with Crippen molar-refractivity contribution in [1.82, 2.24) is 15.0 Å². The third-order valence-electron chi connectivity index (χ3n) is 8.90. The molecule has 0 unspecified atom stereocenters. The minimum absolute atomic E-state index is 0.0675. The maximum Gasteiger partial charge on any atom is 0.167 e. The Morgan fingerprint density at radius 2 is 0.878 bits per heavy atom. The van der Waals surface area contributed by atoms with Crippen LogP contribution in [-0.4, -0.2) is 15.0 Å². The van der Waals surface area contributed by atoms with Crippen LogP contribution < -0.4 is 0 Å². The highest BCUT2D eigenvalue weighted by atomic mass is 16.3. The fraction of sp³-hybridized carbons (Fsp3) is 0. The van der Waals surface area contributed by atoms with Gasteiger partial charge >= 0.3 is 0 Å². The highest BCUT2D eigenvalue weighted by Crippen LogP contribution is 2.40. The van der Waals surface area contributed by atoms with Crippen molar-refractivity contribution in [3.8, 4) is 45.3 Å². The Balaban J connectivity index is 1.18. The van der Waals surface area contributed by atoms with E-state index in [9.17, 15) is 0 Å². The topological polar surface area (TPSA) is 51.8 Å². The summed E-state index contributed by atoms with van der Waals surface area (Å²) < 4.78 is 90.7. The largest absolute Gasteiger partial charge is 0.455 e. The van der Waals surface area contributed by atoms with Crippen molar-refractivity contribution in [2.45, 2.75) is 0 Å². The van der Waals surface area contributed by atoms with Gasteiger partial charge in [0.15, 0.2) is 17.5 Å². The predicted octanol–water partition coefficient (Wildman–Crippen LogP) is 11.9. The second-order valence-corrected chi connectivity index (χ2v) is 11.7. The second kappa shape index (κ2) is 11.0. The van der Waals surface area contributed by atoms with Gasteiger partial charge < -0.3 is 4.42 Å². The number of para-hydroxylation sites is 1. The maximum absolute atomic E-state index is 8.67. The van der Waals surface area contributed by atoms with Crippen LogP contribution in [0.4, 0.5) is 0 Å². The SMILES string of the molecule is [2H]c1c([2H])c([2H])c(-c2nc(-c3c([2H])c([2H])c([2H])c([2H])c3[2H])nc(-c3cccc4c3oc3cc(-c5ccc6c7ccccc7c7ccccc7c6c5)ccc34)n2)c([2H])c1[2H]. The Kier molecular flexibility index (Phi) is 4.31. The zero-order valence-corrected chi connectivity index (χ0v) is 25.6. The molecule has 0 fully saturated rings. The van der Waals surface area contributed by atoms with Gasteiger partial charge in [0, 0.05) is 21.9 Å². The van der Waals surface area contributed by atoms with E-state index in [4.69, 9.17) is 18.1 Å². The Labute approximate surface area is 296 Å². The summed E-state index contributed by atoms with van der Waals surface area (Å²) in [6, 6.07) is 28.6. The molecule has 0 aliphatic heterocycles. The summed E-state index contributed by atoms with van der Waals surface area (Å²) >= 11 is 0. The molecule has 0 amide bonds. The number of rotatable bonds is 4. The monoisotopic (exact) mass is 635 g/mol. The molecule has 0 aliphatic carbocycles. The van der Waals surface area contributed by atoms with E-state index in [1.54, 1.807) is 12.1 Å². The van der Waals surface area contributed by atoms with Crippen LogP contribution in [0.2, 0.25) is 0 Å². The molecule has 0 N–H and O–H groups in total. The highest BCUT2D eigenvalue weighted by molar-refractivity contribution is 6.25. The second-order valence-electron chi connectivity index (χ2n) is 11.7. The minimum atomic E-state index is -0.615. The Hall–Kier alpha value is -6.65. The number of hydrogen-bond acceptors (Lipinski definition) is 4. The van der Waals surface area contributed by atoms with Crippen LogP contribution in [0.15, 0.2) is 168 Å². The van der Waals surface area contributed by atoms with Gasteiger partial charge in [-0.1, -0.05) is 139 Å². The first-order valence-electron chi connectivity index (χ1n) is 20.6. The van der Waals surface area contributed by atoms with Crippen LogP contribution in [0.3, 0.4) is 0 Å². The third-order valence-corrected chi connectivity index (χ3v) is 8.90. The molecule has 0 spiro atoms. The number of aromatic nitrogens is 3. The van der Waals surface area contributed by atoms with Gasteiger partial charge in [0.05, 0.1) is 19.3 Å². The highest BCUT2D eigenvalue weighted by Gasteiger charge is 2.18. The fourth-order valence-corrected chi connectivity index (χ4v) is 6.68. The molecule has 49 heavy (non-hydrogen) atoms. The summed E-state index contributed by atoms with van der Waals surface area (Å²) in [4.78, 5) is 13.6. The van der Waals surface area contributed by atoms with E-state index in [1.807, 2.05) is 30.3 Å². The average Bonchev–Trinajstić information content (AvgIpc) is 3.64. The lowest BCUT2D eigenvalue weighted by molar-refractivity contribution is 0.669. The van der Waals surface area contributed by atoms with Gasteiger partial charge in [-0.15, -0.1) is 0 Å². The van der Waals surface area contributed by atoms with Crippen LogP contribution in [0.1, 0.15) is 13.7 Å². The lowest BCUT2D eigenvalue weighted by Gasteiger charge is -2.12. The number of furan rings is 1. The Morgan fingerprint density at radius 1 is 0.388 bits per heavy atom. The first-order valence-corrected chi connectivity index (χ1v) is 15.6. The number of fused-ring (bicyclic) bond motifs is 9. The molecule has 0 saturated heterocycles. The van der Waals surface area contributed by atoms with Crippen molar-refractivity contribution in [3.63, 3.8) is 0 Å². The van der Waals surface area contributed by atoms with Gasteiger partial charge in [0.25, 0.3) is 0 Å². The van der Waals surface area contributed by atoms with Gasteiger partial charge in [-0.2, -0.15) is 0 Å². The van der Waals surface area contributed by atoms with Crippen molar-refractivity contribution >= 4 is 54.3 Å². The maximum atomic E-state index is 8.67. The molecule has 4 heteroatoms. The third kappa shape index (κ3) is 4.49. The van der Waals surface area contributed by atoms with Crippen LogP contribution in [0.25, 0.3) is 99.5 Å². The van der Waals surface area contributed by atoms with Crippen molar-refractivity contribution in [1.29, 1.82) is 0 Å². The molecule has 228 valence electrons. The van der Waals surface area contributed by atoms with Crippen molar-refractivity contribution in [2.75, 3.05) is 0 Å². The van der Waals surface area contributed by atoms with Gasteiger partial charge in [0.1, 0.15) is 11.2 Å². The molecule has 0 atom stereocenters. The summed E-state index contributed by atoms with van der Waals surface area (Å²) in [6.45, 7) is 0. The summed E-state index contributed by atoms with van der Waals surface area (Å²) in [5.41, 5.74) is 2.51. The summed E-state index contributed by atoms with van der Waals surface area (Å²) in [5, 5.41) is 8.50. The molecule has 0 radical (unpaired) electrons. The van der Waals surface area contributed by atoms with Crippen molar-refractivity contribution < 1.29 is 18.1 Å². The van der Waals surface area contributed by atoms with E-state index >= 15 is 0 Å². The zero-order valence-electron chi connectivity index (χ0n) is 35.6. The van der Waals surface area contributed by atoms with Gasteiger partial charge in [0.2, 0.25) is 0 Å². The molecule has 4 nitrogen and oxygen atoms in total. The smallest absolute Gasteiger partial charge is 0.167 e. The van der Waals surface area contributed by atoms with Crippen LogP contribution in [0, 0.1) is 0 Å². The lowest BCUT2D eigenvalue weighted by atomic mass is 9.92. The minimum Gasteiger partial charge on any atom is -0.455 e. The molecule has 2 heterocycles. The molecular weight excluding hydrogens is 599 g/mol. The van der Waals surface area contributed by atoms with E-state index in [0.29, 0.717) is 22.1 Å². The van der Waals surface area contributed by atoms with Crippen LogP contribution in [0.5, 0.6) is 0 Å². The lowest BCUT2D eigenvalue weighted by Crippen LogP contribution is -2.00. The fourth-order valence-electron chi connectivity index (χ4n) is 6.68. The zero-order chi connectivity index (χ0) is 41.0. The molecule has 10 aromatic rings. The van der Waals surface area contributed by atoms with Crippen LogP contribution >= 0.6 is 0 Å². The molecule has 8 aromatic carbocycles. The first-order chi connectivity index (χ1) is 28.4. The van der Waals surface area contributed by atoms with Gasteiger partial charge in [-0.25, -0.2) is 15.0 Å². The van der Waals surface area contributed by atoms with Crippen molar-refractivity contribution in [3.05, 3.63) is 164 Å². The van der Waals surface area contributed by atoms with Gasteiger partial charge in [-0.3, -0.25) is 0 Å². The molecular formula is C45H27N3O. The molecule has 2 aromatic heterocycles. The van der Waals surface area contributed by atoms with E-state index in [-0.39, 0.29) is 28.6 Å². The van der Waals surface area contributed by atoms with Crippen LogP contribution in [-0.2, 0) is 0 Å². The number of benzene rings is 8. The first kappa shape index (κ1) is 19.2. The average molecular weight is 636 g/mol. The predicted molar refractivity (Wildman–Crippen MR) is 201 cm³/mol. The van der Waals surface area contributed by atoms with Crippen molar-refractivity contribution in [2.24, 2.45) is 0 Å². The summed E-state index contributed by atoms with van der Waals surface area (Å²) in [5.74, 6) is -0.760. The number of nitrogens with zero attached hydrogens (tertiary/aromatic N) is 3. The normalized spacial score (nSPS) is 14.5. The quantitative estimate of drug-likeness (QED) is 0.181. The van der Waals surface area contributed by atoms with E-state index in [1.165, 1.54) is 16.2 Å². The Bertz CT molecular complexity index is 3300. The molecule has 10 rings (SSSR count).